The van der Waals surface area contributed by atoms with E-state index in [1.807, 2.05) is 41.0 Å². The van der Waals surface area contributed by atoms with Crippen molar-refractivity contribution in [3.63, 3.8) is 0 Å². The first-order chi connectivity index (χ1) is 12.7. The van der Waals surface area contributed by atoms with Crippen LogP contribution in [0.25, 0.3) is 5.69 Å². The maximum absolute atomic E-state index is 12.2. The van der Waals surface area contributed by atoms with Crippen LogP contribution in [0.2, 0.25) is 0 Å². The third-order valence-electron chi connectivity index (χ3n) is 4.22. The largest absolute Gasteiger partial charge is 0.300 e. The summed E-state index contributed by atoms with van der Waals surface area (Å²) in [6, 6.07) is 11.4. The molecule has 1 aliphatic heterocycles. The second-order valence-electron chi connectivity index (χ2n) is 5.66. The van der Waals surface area contributed by atoms with E-state index in [1.165, 1.54) is 0 Å². The number of thioether (sulfide) groups is 1. The number of carbonyl (C=O) groups excluding carboxylic acids is 1. The summed E-state index contributed by atoms with van der Waals surface area (Å²) in [5.41, 5.74) is 5.24. The Labute approximate surface area is 155 Å². The lowest BCUT2D eigenvalue weighted by molar-refractivity contribution is 0.108. The highest BCUT2D eigenvalue weighted by atomic mass is 32.2. The second-order valence-corrected chi connectivity index (χ2v) is 6.44. The Kier molecular flexibility index (Phi) is 4.15. The van der Waals surface area contributed by atoms with Crippen molar-refractivity contribution in [1.29, 1.82) is 0 Å². The van der Waals surface area contributed by atoms with Crippen molar-refractivity contribution in [2.75, 3.05) is 6.26 Å². The van der Waals surface area contributed by atoms with Crippen LogP contribution in [0.3, 0.4) is 0 Å². The van der Waals surface area contributed by atoms with Gasteiger partial charge in [0, 0.05) is 17.3 Å². The SMILES string of the molecule is C#Cc1ccc2c(c1)C(c1ccccn1)=NCc1c(C(=O)SC)ncn1-2. The number of nitrogens with zero attached hydrogens (tertiary/aromatic N) is 4. The van der Waals surface area contributed by atoms with Gasteiger partial charge in [0.05, 0.1) is 29.3 Å². The molecule has 0 spiro atoms. The van der Waals surface area contributed by atoms with Crippen molar-refractivity contribution in [2.45, 2.75) is 6.54 Å². The maximum Gasteiger partial charge on any atom is 0.239 e. The van der Waals surface area contributed by atoms with E-state index in [4.69, 9.17) is 11.4 Å². The van der Waals surface area contributed by atoms with Crippen LogP contribution in [-0.2, 0) is 6.54 Å². The zero-order chi connectivity index (χ0) is 18.1. The molecule has 0 atom stereocenters. The third kappa shape index (κ3) is 2.63. The van der Waals surface area contributed by atoms with Crippen molar-refractivity contribution in [1.82, 2.24) is 14.5 Å². The molecule has 0 saturated heterocycles. The lowest BCUT2D eigenvalue weighted by Gasteiger charge is -2.11. The van der Waals surface area contributed by atoms with Crippen LogP contribution in [-0.4, -0.2) is 31.6 Å². The van der Waals surface area contributed by atoms with E-state index < -0.39 is 0 Å². The van der Waals surface area contributed by atoms with Gasteiger partial charge < -0.3 is 0 Å². The monoisotopic (exact) mass is 358 g/mol. The number of hydrogen-bond acceptors (Lipinski definition) is 5. The lowest BCUT2D eigenvalue weighted by Crippen LogP contribution is -2.09. The van der Waals surface area contributed by atoms with Gasteiger partial charge in [0.2, 0.25) is 5.12 Å². The Balaban J connectivity index is 1.98. The van der Waals surface area contributed by atoms with E-state index in [1.54, 1.807) is 18.8 Å². The fourth-order valence-electron chi connectivity index (χ4n) is 2.99. The number of fused-ring (bicyclic) bond motifs is 3. The van der Waals surface area contributed by atoms with E-state index >= 15 is 0 Å². The number of aliphatic imine (C=N–C) groups is 1. The van der Waals surface area contributed by atoms with Gasteiger partial charge in [0.15, 0.2) is 0 Å². The first-order valence-corrected chi connectivity index (χ1v) is 9.17. The summed E-state index contributed by atoms with van der Waals surface area (Å²) in [6.45, 7) is 0.341. The van der Waals surface area contributed by atoms with E-state index in [-0.39, 0.29) is 5.12 Å². The molecule has 0 aliphatic carbocycles. The molecular formula is C20H14N4OS. The summed E-state index contributed by atoms with van der Waals surface area (Å²) in [6.07, 6.45) is 10.7. The highest BCUT2D eigenvalue weighted by molar-refractivity contribution is 8.13. The summed E-state index contributed by atoms with van der Waals surface area (Å²) < 4.78 is 1.92. The molecule has 5 nitrogen and oxygen atoms in total. The first-order valence-electron chi connectivity index (χ1n) is 7.94. The van der Waals surface area contributed by atoms with Gasteiger partial charge in [-0.25, -0.2) is 4.98 Å². The smallest absolute Gasteiger partial charge is 0.239 e. The second kappa shape index (κ2) is 6.62. The number of imidazole rings is 1. The average Bonchev–Trinajstić information content (AvgIpc) is 3.05. The van der Waals surface area contributed by atoms with E-state index in [2.05, 4.69) is 15.9 Å². The number of aromatic nitrogens is 3. The Morgan fingerprint density at radius 2 is 2.15 bits per heavy atom. The van der Waals surface area contributed by atoms with Gasteiger partial charge >= 0.3 is 0 Å². The highest BCUT2D eigenvalue weighted by Gasteiger charge is 2.24. The van der Waals surface area contributed by atoms with Crippen LogP contribution in [0.15, 0.2) is 53.9 Å². The van der Waals surface area contributed by atoms with Crippen molar-refractivity contribution in [3.8, 4) is 18.0 Å². The quantitative estimate of drug-likeness (QED) is 0.661. The van der Waals surface area contributed by atoms with Gasteiger partial charge in [-0.05, 0) is 36.6 Å². The van der Waals surface area contributed by atoms with E-state index in [0.29, 0.717) is 12.2 Å². The molecule has 1 aromatic carbocycles. The predicted octanol–water partition coefficient (Wildman–Crippen LogP) is 3.10. The van der Waals surface area contributed by atoms with Gasteiger partial charge in [0.1, 0.15) is 12.0 Å². The van der Waals surface area contributed by atoms with Gasteiger partial charge in [-0.2, -0.15) is 0 Å². The minimum absolute atomic E-state index is 0.0722. The fraction of sp³-hybridized carbons (Fsp3) is 0.100. The standard InChI is InChI=1S/C20H14N4OS/c1-3-13-7-8-16-14(10-13)18(15-6-4-5-9-21-15)22-11-17-19(20(25)26-2)23-12-24(16)17/h1,4-10,12H,11H2,2H3. The fourth-order valence-corrected chi connectivity index (χ4v) is 3.35. The molecular weight excluding hydrogens is 344 g/mol. The molecule has 0 unspecified atom stereocenters. The van der Waals surface area contributed by atoms with Gasteiger partial charge in [0.25, 0.3) is 0 Å². The normalized spacial score (nSPS) is 12.4. The molecule has 126 valence electrons. The van der Waals surface area contributed by atoms with Crippen molar-refractivity contribution in [2.24, 2.45) is 4.99 Å². The predicted molar refractivity (Wildman–Crippen MR) is 103 cm³/mol. The zero-order valence-corrected chi connectivity index (χ0v) is 14.8. The minimum atomic E-state index is -0.0722. The van der Waals surface area contributed by atoms with Crippen LogP contribution in [0, 0.1) is 12.3 Å². The van der Waals surface area contributed by atoms with Gasteiger partial charge in [-0.1, -0.05) is 23.7 Å². The Morgan fingerprint density at radius 3 is 2.88 bits per heavy atom. The van der Waals surface area contributed by atoms with E-state index in [0.717, 1.165) is 45.7 Å². The van der Waals surface area contributed by atoms with Crippen molar-refractivity contribution >= 4 is 22.6 Å². The summed E-state index contributed by atoms with van der Waals surface area (Å²) >= 11 is 1.14. The molecule has 0 amide bonds. The van der Waals surface area contributed by atoms with Crippen LogP contribution in [0.4, 0.5) is 0 Å². The molecule has 0 N–H and O–H groups in total. The summed E-state index contributed by atoms with van der Waals surface area (Å²) in [4.78, 5) is 25.7. The molecule has 4 rings (SSSR count). The summed E-state index contributed by atoms with van der Waals surface area (Å²) in [5.74, 6) is 2.67. The van der Waals surface area contributed by atoms with E-state index in [9.17, 15) is 4.79 Å². The average molecular weight is 358 g/mol. The number of hydrogen-bond donors (Lipinski definition) is 0. The van der Waals surface area contributed by atoms with Crippen LogP contribution in [0.1, 0.15) is 33.0 Å². The number of pyridine rings is 1. The molecule has 6 heteroatoms. The third-order valence-corrected chi connectivity index (χ3v) is 4.78. The Hall–Kier alpha value is -3.17. The number of terminal acetylenes is 1. The maximum atomic E-state index is 12.2. The first kappa shape index (κ1) is 16.3. The minimum Gasteiger partial charge on any atom is -0.300 e. The number of rotatable bonds is 2. The van der Waals surface area contributed by atoms with Crippen molar-refractivity contribution in [3.05, 3.63) is 77.1 Å². The molecule has 1 aliphatic rings. The molecule has 3 heterocycles. The van der Waals surface area contributed by atoms with Crippen LogP contribution >= 0.6 is 11.8 Å². The van der Waals surface area contributed by atoms with Crippen molar-refractivity contribution < 1.29 is 4.79 Å². The van der Waals surface area contributed by atoms with Gasteiger partial charge in [-0.15, -0.1) is 6.42 Å². The molecule has 2 aromatic heterocycles. The highest BCUT2D eigenvalue weighted by Crippen LogP contribution is 2.28. The van der Waals surface area contributed by atoms with Crippen LogP contribution < -0.4 is 0 Å². The molecule has 0 saturated carbocycles. The Morgan fingerprint density at radius 1 is 1.27 bits per heavy atom. The molecule has 26 heavy (non-hydrogen) atoms. The summed E-state index contributed by atoms with van der Waals surface area (Å²) in [7, 11) is 0. The van der Waals surface area contributed by atoms with Gasteiger partial charge in [-0.3, -0.25) is 19.3 Å². The molecule has 3 aromatic rings. The van der Waals surface area contributed by atoms with Crippen LogP contribution in [0.5, 0.6) is 0 Å². The lowest BCUT2D eigenvalue weighted by atomic mass is 10.0. The summed E-state index contributed by atoms with van der Waals surface area (Å²) in [5, 5.41) is -0.0722. The topological polar surface area (TPSA) is 60.1 Å². The molecule has 0 bridgehead atoms. The molecule has 0 radical (unpaired) electrons. The zero-order valence-electron chi connectivity index (χ0n) is 14.0. The number of carbonyl (C=O) groups is 1. The number of benzene rings is 1. The molecule has 0 fully saturated rings. The Bertz CT molecular complexity index is 1080.